The normalized spacial score (nSPS) is 19.3. The van der Waals surface area contributed by atoms with Crippen molar-refractivity contribution in [3.05, 3.63) is 53.3 Å². The Labute approximate surface area is 153 Å². The predicted octanol–water partition coefficient (Wildman–Crippen LogP) is 3.26. The van der Waals surface area contributed by atoms with E-state index in [1.165, 1.54) is 0 Å². The summed E-state index contributed by atoms with van der Waals surface area (Å²) in [5.41, 5.74) is 2.76. The number of nitrogens with zero attached hydrogens (tertiary/aromatic N) is 2. The zero-order valence-corrected chi connectivity index (χ0v) is 15.1. The molecule has 136 valence electrons. The zero-order valence-electron chi connectivity index (χ0n) is 15.1. The molecule has 3 heterocycles. The maximum atomic E-state index is 13.1. The number of aryl methyl sites for hydroxylation is 1. The molecule has 2 aliphatic heterocycles. The Bertz CT molecular complexity index is 806. The van der Waals surface area contributed by atoms with Crippen LogP contribution in [-0.2, 0) is 6.42 Å². The summed E-state index contributed by atoms with van der Waals surface area (Å²) < 4.78 is 11.3. The summed E-state index contributed by atoms with van der Waals surface area (Å²) >= 11 is 0. The highest BCUT2D eigenvalue weighted by molar-refractivity contribution is 5.98. The van der Waals surface area contributed by atoms with Gasteiger partial charge in [0.15, 0.2) is 11.5 Å². The van der Waals surface area contributed by atoms with Gasteiger partial charge in [0, 0.05) is 24.5 Å². The van der Waals surface area contributed by atoms with Crippen LogP contribution in [0.25, 0.3) is 0 Å². The number of hydrogen-bond donors (Lipinski definition) is 0. The van der Waals surface area contributed by atoms with Gasteiger partial charge >= 0.3 is 0 Å². The molecule has 1 saturated heterocycles. The van der Waals surface area contributed by atoms with E-state index in [2.05, 4.69) is 17.1 Å². The van der Waals surface area contributed by atoms with Crippen molar-refractivity contribution in [2.45, 2.75) is 26.2 Å². The lowest BCUT2D eigenvalue weighted by atomic mass is 9.92. The Morgan fingerprint density at radius 1 is 1.19 bits per heavy atom. The zero-order chi connectivity index (χ0) is 17.9. The van der Waals surface area contributed by atoms with Gasteiger partial charge in [-0.3, -0.25) is 9.78 Å². The molecule has 1 aromatic heterocycles. The molecule has 0 spiro atoms. The van der Waals surface area contributed by atoms with Crippen LogP contribution in [0.15, 0.2) is 36.4 Å². The van der Waals surface area contributed by atoms with Gasteiger partial charge in [-0.15, -0.1) is 0 Å². The number of para-hydroxylation sites is 1. The van der Waals surface area contributed by atoms with Crippen LogP contribution in [-0.4, -0.2) is 42.1 Å². The molecule has 4 rings (SSSR count). The molecule has 0 bridgehead atoms. The number of ether oxygens (including phenoxy) is 2. The number of hydrogen-bond acceptors (Lipinski definition) is 4. The van der Waals surface area contributed by atoms with Gasteiger partial charge in [-0.1, -0.05) is 12.1 Å². The van der Waals surface area contributed by atoms with Crippen molar-refractivity contribution in [1.82, 2.24) is 9.88 Å². The van der Waals surface area contributed by atoms with Crippen LogP contribution in [0.4, 0.5) is 0 Å². The van der Waals surface area contributed by atoms with Gasteiger partial charge in [-0.05, 0) is 56.4 Å². The third-order valence-electron chi connectivity index (χ3n) is 5.05. The summed E-state index contributed by atoms with van der Waals surface area (Å²) in [4.78, 5) is 19.7. The van der Waals surface area contributed by atoms with Crippen molar-refractivity contribution in [3.63, 3.8) is 0 Å². The fourth-order valence-electron chi connectivity index (χ4n) is 3.84. The van der Waals surface area contributed by atoms with E-state index in [1.807, 2.05) is 36.1 Å². The number of fused-ring (bicyclic) bond motifs is 1. The summed E-state index contributed by atoms with van der Waals surface area (Å²) in [5.74, 6) is 1.74. The minimum Gasteiger partial charge on any atom is -0.486 e. The lowest BCUT2D eigenvalue weighted by Gasteiger charge is -2.33. The molecular weight excluding hydrogens is 328 g/mol. The maximum absolute atomic E-state index is 13.1. The van der Waals surface area contributed by atoms with Crippen LogP contribution < -0.4 is 9.47 Å². The summed E-state index contributed by atoms with van der Waals surface area (Å²) in [7, 11) is 0. The smallest absolute Gasteiger partial charge is 0.257 e. The van der Waals surface area contributed by atoms with E-state index in [0.717, 1.165) is 43.7 Å². The van der Waals surface area contributed by atoms with Crippen LogP contribution in [0.3, 0.4) is 0 Å². The molecular formula is C21H24N2O3. The highest BCUT2D eigenvalue weighted by Gasteiger charge is 2.28. The van der Waals surface area contributed by atoms with E-state index in [1.54, 1.807) is 0 Å². The molecule has 0 radical (unpaired) electrons. The number of rotatable bonds is 3. The number of carbonyl (C=O) groups excluding carboxylic acids is 1. The predicted molar refractivity (Wildman–Crippen MR) is 98.7 cm³/mol. The fourth-order valence-corrected chi connectivity index (χ4v) is 3.84. The van der Waals surface area contributed by atoms with Crippen molar-refractivity contribution in [2.24, 2.45) is 5.92 Å². The number of amides is 1. The molecule has 5 nitrogen and oxygen atoms in total. The molecule has 26 heavy (non-hydrogen) atoms. The number of pyridine rings is 1. The van der Waals surface area contributed by atoms with Crippen LogP contribution >= 0.6 is 0 Å². The molecule has 0 aliphatic carbocycles. The Hall–Kier alpha value is -2.56. The lowest BCUT2D eigenvalue weighted by Crippen LogP contribution is -2.41. The number of aromatic nitrogens is 1. The molecule has 0 N–H and O–H groups in total. The second-order valence-electron chi connectivity index (χ2n) is 7.06. The largest absolute Gasteiger partial charge is 0.486 e. The molecule has 1 unspecified atom stereocenters. The van der Waals surface area contributed by atoms with Gasteiger partial charge in [0.25, 0.3) is 5.91 Å². The molecule has 1 aromatic carbocycles. The fraction of sp³-hybridized carbons (Fsp3) is 0.429. The highest BCUT2D eigenvalue weighted by Crippen LogP contribution is 2.35. The van der Waals surface area contributed by atoms with Crippen molar-refractivity contribution in [2.75, 3.05) is 26.3 Å². The van der Waals surface area contributed by atoms with Crippen LogP contribution in [0.1, 0.15) is 34.6 Å². The Kier molecular flexibility index (Phi) is 4.78. The first-order valence-corrected chi connectivity index (χ1v) is 9.31. The molecule has 5 heteroatoms. The monoisotopic (exact) mass is 352 g/mol. The van der Waals surface area contributed by atoms with E-state index in [9.17, 15) is 4.79 Å². The quantitative estimate of drug-likeness (QED) is 0.851. The van der Waals surface area contributed by atoms with Crippen molar-refractivity contribution >= 4 is 5.91 Å². The SMILES string of the molecule is Cc1cccc(CC2CCCN(C(=O)c3cccc4c3OCCO4)C2)n1. The van der Waals surface area contributed by atoms with Gasteiger partial charge in [-0.2, -0.15) is 0 Å². The first-order valence-electron chi connectivity index (χ1n) is 9.31. The van der Waals surface area contributed by atoms with Crippen molar-refractivity contribution in [1.29, 1.82) is 0 Å². The van der Waals surface area contributed by atoms with E-state index in [0.29, 0.717) is 36.2 Å². The second-order valence-corrected chi connectivity index (χ2v) is 7.06. The van der Waals surface area contributed by atoms with E-state index >= 15 is 0 Å². The topological polar surface area (TPSA) is 51.7 Å². The summed E-state index contributed by atoms with van der Waals surface area (Å²) in [6.07, 6.45) is 3.07. The molecule has 0 saturated carbocycles. The number of piperidine rings is 1. The number of carbonyl (C=O) groups is 1. The number of benzene rings is 1. The molecule has 1 amide bonds. The average Bonchev–Trinajstić information content (AvgIpc) is 2.67. The third-order valence-corrected chi connectivity index (χ3v) is 5.05. The van der Waals surface area contributed by atoms with Crippen LogP contribution in [0.5, 0.6) is 11.5 Å². The number of likely N-dealkylation sites (tertiary alicyclic amines) is 1. The Morgan fingerprint density at radius 2 is 2.04 bits per heavy atom. The minimum absolute atomic E-state index is 0.0363. The standard InChI is InChI=1S/C21H24N2O3/c1-15-5-2-7-17(22-15)13-16-6-4-10-23(14-16)21(24)18-8-3-9-19-20(18)26-12-11-25-19/h2-3,5,7-9,16H,4,6,10-14H2,1H3. The van der Waals surface area contributed by atoms with E-state index < -0.39 is 0 Å². The summed E-state index contributed by atoms with van der Waals surface area (Å²) in [6.45, 7) is 4.58. The van der Waals surface area contributed by atoms with Gasteiger partial charge < -0.3 is 14.4 Å². The molecule has 2 aliphatic rings. The van der Waals surface area contributed by atoms with Crippen LogP contribution in [0.2, 0.25) is 0 Å². The lowest BCUT2D eigenvalue weighted by molar-refractivity contribution is 0.0663. The van der Waals surface area contributed by atoms with Gasteiger partial charge in [-0.25, -0.2) is 0 Å². The first kappa shape index (κ1) is 16.9. The average molecular weight is 352 g/mol. The van der Waals surface area contributed by atoms with Crippen LogP contribution in [0, 0.1) is 12.8 Å². The third kappa shape index (κ3) is 3.52. The molecule has 2 aromatic rings. The minimum atomic E-state index is 0.0363. The molecule has 1 fully saturated rings. The van der Waals surface area contributed by atoms with Gasteiger partial charge in [0.05, 0.1) is 5.56 Å². The van der Waals surface area contributed by atoms with Gasteiger partial charge in [0.2, 0.25) is 0 Å². The molecule has 1 atom stereocenters. The van der Waals surface area contributed by atoms with Gasteiger partial charge in [0.1, 0.15) is 13.2 Å². The van der Waals surface area contributed by atoms with E-state index in [-0.39, 0.29) is 5.91 Å². The Balaban J connectivity index is 1.48. The summed E-state index contributed by atoms with van der Waals surface area (Å²) in [6, 6.07) is 11.7. The van der Waals surface area contributed by atoms with Crippen molar-refractivity contribution in [3.8, 4) is 11.5 Å². The second kappa shape index (κ2) is 7.36. The van der Waals surface area contributed by atoms with E-state index in [4.69, 9.17) is 9.47 Å². The highest BCUT2D eigenvalue weighted by atomic mass is 16.6. The Morgan fingerprint density at radius 3 is 2.92 bits per heavy atom. The summed E-state index contributed by atoms with van der Waals surface area (Å²) in [5, 5.41) is 0. The first-order chi connectivity index (χ1) is 12.7. The van der Waals surface area contributed by atoms with Crippen molar-refractivity contribution < 1.29 is 14.3 Å². The maximum Gasteiger partial charge on any atom is 0.257 e.